The summed E-state index contributed by atoms with van der Waals surface area (Å²) >= 11 is 11.5. The summed E-state index contributed by atoms with van der Waals surface area (Å²) in [5, 5.41) is 5.57. The summed E-state index contributed by atoms with van der Waals surface area (Å²) in [4.78, 5) is 26.9. The Kier molecular flexibility index (Phi) is 4.61. The minimum Gasteiger partial charge on any atom is -0.355 e. The Morgan fingerprint density at radius 3 is 2.63 bits per heavy atom. The van der Waals surface area contributed by atoms with E-state index < -0.39 is 5.91 Å². The van der Waals surface area contributed by atoms with Crippen molar-refractivity contribution in [1.29, 1.82) is 0 Å². The highest BCUT2D eigenvalue weighted by atomic mass is 35.5. The van der Waals surface area contributed by atoms with Crippen LogP contribution in [0.15, 0.2) is 12.1 Å². The summed E-state index contributed by atoms with van der Waals surface area (Å²) in [6, 6.07) is 3.05. The van der Waals surface area contributed by atoms with Gasteiger partial charge in [-0.2, -0.15) is 0 Å². The Balaban J connectivity index is 1.80. The van der Waals surface area contributed by atoms with E-state index in [1.54, 1.807) is 0 Å². The van der Waals surface area contributed by atoms with Crippen molar-refractivity contribution in [2.75, 3.05) is 11.9 Å². The highest BCUT2D eigenvalue weighted by molar-refractivity contribution is 6.34. The first-order valence-electron chi connectivity index (χ1n) is 5.93. The third-order valence-electron chi connectivity index (χ3n) is 2.69. The van der Waals surface area contributed by atoms with E-state index in [0.29, 0.717) is 18.2 Å². The van der Waals surface area contributed by atoms with E-state index in [4.69, 9.17) is 23.2 Å². The third kappa shape index (κ3) is 4.69. The summed E-state index contributed by atoms with van der Waals surface area (Å²) in [7, 11) is 0. The summed E-state index contributed by atoms with van der Waals surface area (Å²) in [6.07, 6.45) is 2.07. The van der Waals surface area contributed by atoms with Crippen molar-refractivity contribution >= 4 is 40.7 Å². The summed E-state index contributed by atoms with van der Waals surface area (Å²) in [6.45, 7) is 0.648. The van der Waals surface area contributed by atoms with E-state index in [1.807, 2.05) is 0 Å². The van der Waals surface area contributed by atoms with Crippen molar-refractivity contribution in [2.45, 2.75) is 19.3 Å². The zero-order valence-corrected chi connectivity index (χ0v) is 11.6. The second-order valence-corrected chi connectivity index (χ2v) is 5.19. The molecule has 0 unspecified atom stereocenters. The van der Waals surface area contributed by atoms with Gasteiger partial charge >= 0.3 is 0 Å². The molecule has 19 heavy (non-hydrogen) atoms. The van der Waals surface area contributed by atoms with Gasteiger partial charge in [0.05, 0.1) is 5.69 Å². The van der Waals surface area contributed by atoms with Gasteiger partial charge in [-0.05, 0) is 30.9 Å². The van der Waals surface area contributed by atoms with E-state index in [-0.39, 0.29) is 22.6 Å². The Bertz CT molecular complexity index is 504. The van der Waals surface area contributed by atoms with Crippen molar-refractivity contribution in [1.82, 2.24) is 10.3 Å². The second-order valence-electron chi connectivity index (χ2n) is 4.44. The van der Waals surface area contributed by atoms with Crippen LogP contribution in [0, 0.1) is 5.92 Å². The number of halogens is 2. The van der Waals surface area contributed by atoms with Crippen LogP contribution >= 0.6 is 23.2 Å². The van der Waals surface area contributed by atoms with Crippen LogP contribution in [0.25, 0.3) is 0 Å². The first kappa shape index (κ1) is 14.1. The predicted molar refractivity (Wildman–Crippen MR) is 73.2 cm³/mol. The molecule has 1 heterocycles. The molecule has 1 aromatic heterocycles. The Hall–Kier alpha value is -1.33. The molecule has 2 rings (SSSR count). The van der Waals surface area contributed by atoms with Crippen LogP contribution in [-0.4, -0.2) is 23.3 Å². The average molecular weight is 302 g/mol. The fourth-order valence-electron chi connectivity index (χ4n) is 1.49. The molecule has 1 aliphatic rings. The molecule has 1 fully saturated rings. The maximum Gasteiger partial charge on any atom is 0.233 e. The molecule has 1 saturated carbocycles. The quantitative estimate of drug-likeness (QED) is 0.647. The van der Waals surface area contributed by atoms with E-state index in [9.17, 15) is 9.59 Å². The maximum absolute atomic E-state index is 11.6. The second kappa shape index (κ2) is 6.21. The van der Waals surface area contributed by atoms with Gasteiger partial charge in [-0.1, -0.05) is 23.2 Å². The molecule has 2 N–H and O–H groups in total. The van der Waals surface area contributed by atoms with E-state index in [2.05, 4.69) is 15.6 Å². The van der Waals surface area contributed by atoms with Gasteiger partial charge in [-0.25, -0.2) is 4.98 Å². The number of pyridine rings is 1. The lowest BCUT2D eigenvalue weighted by Crippen LogP contribution is -2.29. The fraction of sp³-hybridized carbons (Fsp3) is 0.417. The molecule has 0 radical (unpaired) electrons. The van der Waals surface area contributed by atoms with Gasteiger partial charge in [0.15, 0.2) is 5.15 Å². The number of carbonyl (C=O) groups is 2. The van der Waals surface area contributed by atoms with Crippen molar-refractivity contribution in [3.8, 4) is 0 Å². The smallest absolute Gasteiger partial charge is 0.233 e. The van der Waals surface area contributed by atoms with Crippen LogP contribution in [0.5, 0.6) is 0 Å². The molecule has 0 saturated heterocycles. The van der Waals surface area contributed by atoms with E-state index in [0.717, 1.165) is 12.8 Å². The fourth-order valence-corrected chi connectivity index (χ4v) is 1.88. The molecular weight excluding hydrogens is 289 g/mol. The highest BCUT2D eigenvalue weighted by Crippen LogP contribution is 2.27. The molecule has 0 aromatic carbocycles. The number of anilines is 1. The predicted octanol–water partition coefficient (Wildman–Crippen LogP) is 2.24. The number of nitrogens with zero attached hydrogens (tertiary/aromatic N) is 1. The number of hydrogen-bond donors (Lipinski definition) is 2. The molecular formula is C12H13Cl2N3O2. The van der Waals surface area contributed by atoms with Gasteiger partial charge in [-0.15, -0.1) is 0 Å². The first-order chi connectivity index (χ1) is 9.04. The largest absolute Gasteiger partial charge is 0.355 e. The molecule has 0 spiro atoms. The van der Waals surface area contributed by atoms with Crippen LogP contribution in [0.3, 0.4) is 0 Å². The standard InChI is InChI=1S/C12H13Cl2N3O2/c13-9-4-3-8(12(14)17-9)16-11(19)5-10(18)15-6-7-1-2-7/h3-4,7H,1-2,5-6H2,(H,15,18)(H,16,19). The Morgan fingerprint density at radius 1 is 1.26 bits per heavy atom. The Labute approximate surface area is 120 Å². The number of aromatic nitrogens is 1. The molecule has 102 valence electrons. The Morgan fingerprint density at radius 2 is 2.00 bits per heavy atom. The summed E-state index contributed by atoms with van der Waals surface area (Å²) in [5.74, 6) is -0.135. The zero-order valence-electron chi connectivity index (χ0n) is 10.1. The number of amides is 2. The number of hydrogen-bond acceptors (Lipinski definition) is 3. The molecule has 2 amide bonds. The molecule has 1 aromatic rings. The average Bonchev–Trinajstić information content (AvgIpc) is 3.14. The lowest BCUT2D eigenvalue weighted by molar-refractivity contribution is -0.126. The zero-order chi connectivity index (χ0) is 13.8. The summed E-state index contributed by atoms with van der Waals surface area (Å²) in [5.41, 5.74) is 0.339. The van der Waals surface area contributed by atoms with Crippen molar-refractivity contribution in [3.63, 3.8) is 0 Å². The van der Waals surface area contributed by atoms with Gasteiger partial charge in [0.1, 0.15) is 11.6 Å². The molecule has 0 atom stereocenters. The maximum atomic E-state index is 11.6. The van der Waals surface area contributed by atoms with Crippen molar-refractivity contribution in [3.05, 3.63) is 22.4 Å². The third-order valence-corrected chi connectivity index (χ3v) is 3.19. The first-order valence-corrected chi connectivity index (χ1v) is 6.69. The molecule has 0 bridgehead atoms. The van der Waals surface area contributed by atoms with Crippen LogP contribution in [0.1, 0.15) is 19.3 Å². The molecule has 0 aliphatic heterocycles. The number of rotatable bonds is 5. The monoisotopic (exact) mass is 301 g/mol. The van der Waals surface area contributed by atoms with Crippen LogP contribution in [0.2, 0.25) is 10.3 Å². The van der Waals surface area contributed by atoms with Gasteiger partial charge < -0.3 is 10.6 Å². The number of nitrogens with one attached hydrogen (secondary N) is 2. The molecule has 5 nitrogen and oxygen atoms in total. The topological polar surface area (TPSA) is 71.1 Å². The summed E-state index contributed by atoms with van der Waals surface area (Å²) < 4.78 is 0. The SMILES string of the molecule is O=C(CC(=O)Nc1ccc(Cl)nc1Cl)NCC1CC1. The van der Waals surface area contributed by atoms with Crippen molar-refractivity contribution in [2.24, 2.45) is 5.92 Å². The number of carbonyl (C=O) groups excluding carboxylic acids is 2. The van der Waals surface area contributed by atoms with E-state index in [1.165, 1.54) is 12.1 Å². The van der Waals surface area contributed by atoms with Crippen LogP contribution in [-0.2, 0) is 9.59 Å². The molecule has 1 aliphatic carbocycles. The van der Waals surface area contributed by atoms with Crippen LogP contribution < -0.4 is 10.6 Å². The normalized spacial score (nSPS) is 14.0. The van der Waals surface area contributed by atoms with Gasteiger partial charge in [0.25, 0.3) is 0 Å². The lowest BCUT2D eigenvalue weighted by Gasteiger charge is -2.07. The minimum absolute atomic E-state index is 0.0965. The van der Waals surface area contributed by atoms with Gasteiger partial charge in [-0.3, -0.25) is 9.59 Å². The van der Waals surface area contributed by atoms with Crippen molar-refractivity contribution < 1.29 is 9.59 Å². The van der Waals surface area contributed by atoms with Gasteiger partial charge in [0, 0.05) is 6.54 Å². The molecule has 7 heteroatoms. The lowest BCUT2D eigenvalue weighted by atomic mass is 10.3. The van der Waals surface area contributed by atoms with E-state index >= 15 is 0 Å². The van der Waals surface area contributed by atoms with Gasteiger partial charge in [0.2, 0.25) is 11.8 Å². The minimum atomic E-state index is -0.431. The highest BCUT2D eigenvalue weighted by Gasteiger charge is 2.22. The van der Waals surface area contributed by atoms with Crippen LogP contribution in [0.4, 0.5) is 5.69 Å².